The van der Waals surface area contributed by atoms with Gasteiger partial charge >= 0.3 is 5.63 Å². The molecule has 0 saturated heterocycles. The Balaban J connectivity index is 1.62. The quantitative estimate of drug-likeness (QED) is 0.354. The van der Waals surface area contributed by atoms with E-state index in [4.69, 9.17) is 13.9 Å². The molecule has 5 heteroatoms. The van der Waals surface area contributed by atoms with Crippen LogP contribution in [-0.2, 0) is 0 Å². The monoisotopic (exact) mass is 386 g/mol. The Kier molecular flexibility index (Phi) is 5.12. The normalized spacial score (nSPS) is 10.7. The van der Waals surface area contributed by atoms with Crippen LogP contribution in [0.3, 0.4) is 0 Å². The van der Waals surface area contributed by atoms with Crippen molar-refractivity contribution in [2.45, 2.75) is 0 Å². The van der Waals surface area contributed by atoms with Crippen LogP contribution in [0.1, 0.15) is 10.4 Å². The minimum Gasteiger partial charge on any atom is -0.497 e. The van der Waals surface area contributed by atoms with Gasteiger partial charge in [-0.25, -0.2) is 4.79 Å². The molecule has 4 rings (SSSR count). The summed E-state index contributed by atoms with van der Waals surface area (Å²) in [4.78, 5) is 24.3. The first kappa shape index (κ1) is 18.5. The predicted octanol–water partition coefficient (Wildman–Crippen LogP) is 4.73. The van der Waals surface area contributed by atoms with Crippen molar-refractivity contribution in [2.75, 3.05) is 13.7 Å². The van der Waals surface area contributed by atoms with Gasteiger partial charge in [0.05, 0.1) is 7.11 Å². The summed E-state index contributed by atoms with van der Waals surface area (Å²) in [6, 6.07) is 23.1. The molecular weight excluding hydrogens is 368 g/mol. The van der Waals surface area contributed by atoms with Gasteiger partial charge in [0.15, 0.2) is 12.4 Å². The Bertz CT molecular complexity index is 1210. The van der Waals surface area contributed by atoms with Gasteiger partial charge in [-0.3, -0.25) is 4.79 Å². The maximum Gasteiger partial charge on any atom is 0.336 e. The number of ether oxygens (including phenoxy) is 2. The Morgan fingerprint density at radius 2 is 1.62 bits per heavy atom. The Morgan fingerprint density at radius 3 is 2.34 bits per heavy atom. The summed E-state index contributed by atoms with van der Waals surface area (Å²) < 4.78 is 16.2. The molecule has 29 heavy (non-hydrogen) atoms. The third-order valence-corrected chi connectivity index (χ3v) is 4.58. The lowest BCUT2D eigenvalue weighted by Crippen LogP contribution is -2.11. The first-order valence-corrected chi connectivity index (χ1v) is 9.07. The van der Waals surface area contributed by atoms with E-state index in [0.717, 1.165) is 22.3 Å². The van der Waals surface area contributed by atoms with Gasteiger partial charge in [0.25, 0.3) is 0 Å². The first-order chi connectivity index (χ1) is 14.1. The molecule has 0 amide bonds. The van der Waals surface area contributed by atoms with Crippen molar-refractivity contribution < 1.29 is 18.7 Å². The van der Waals surface area contributed by atoms with Crippen LogP contribution in [0.5, 0.6) is 11.5 Å². The number of carbonyl (C=O) groups is 1. The van der Waals surface area contributed by atoms with Gasteiger partial charge in [-0.05, 0) is 35.4 Å². The van der Waals surface area contributed by atoms with Gasteiger partial charge in [0.1, 0.15) is 17.1 Å². The zero-order valence-electron chi connectivity index (χ0n) is 15.8. The number of hydrogen-bond donors (Lipinski definition) is 0. The molecule has 1 heterocycles. The van der Waals surface area contributed by atoms with Gasteiger partial charge < -0.3 is 13.9 Å². The van der Waals surface area contributed by atoms with Crippen molar-refractivity contribution in [2.24, 2.45) is 0 Å². The number of hydrogen-bond acceptors (Lipinski definition) is 5. The molecule has 5 nitrogen and oxygen atoms in total. The molecule has 4 aromatic rings. The second kappa shape index (κ2) is 8.02. The van der Waals surface area contributed by atoms with Gasteiger partial charge in [-0.1, -0.05) is 42.5 Å². The third-order valence-electron chi connectivity index (χ3n) is 4.58. The van der Waals surface area contributed by atoms with E-state index in [9.17, 15) is 9.59 Å². The van der Waals surface area contributed by atoms with Crippen molar-refractivity contribution in [3.05, 3.63) is 94.8 Å². The van der Waals surface area contributed by atoms with E-state index in [1.807, 2.05) is 36.4 Å². The lowest BCUT2D eigenvalue weighted by Gasteiger charge is -2.09. The fourth-order valence-electron chi connectivity index (χ4n) is 3.10. The van der Waals surface area contributed by atoms with E-state index in [1.165, 1.54) is 6.07 Å². The average molecular weight is 386 g/mol. The van der Waals surface area contributed by atoms with E-state index in [-0.39, 0.29) is 12.4 Å². The third kappa shape index (κ3) is 4.04. The van der Waals surface area contributed by atoms with E-state index in [0.29, 0.717) is 16.9 Å². The number of Topliss-reactive ketones (excluding diaryl/α,β-unsaturated/α-hetero) is 1. The summed E-state index contributed by atoms with van der Waals surface area (Å²) in [6.45, 7) is -0.0993. The zero-order valence-corrected chi connectivity index (χ0v) is 15.8. The summed E-state index contributed by atoms with van der Waals surface area (Å²) in [6.07, 6.45) is 0. The molecule has 1 aromatic heterocycles. The van der Waals surface area contributed by atoms with Gasteiger partial charge in [0.2, 0.25) is 0 Å². The van der Waals surface area contributed by atoms with Crippen molar-refractivity contribution in [1.29, 1.82) is 0 Å². The molecule has 0 radical (unpaired) electrons. The standard InChI is InChI=1S/C24H18O5/c1-27-18-9-7-16(8-10-18)21-14-24(26)29-23-13-19(11-12-20(21)23)28-15-22(25)17-5-3-2-4-6-17/h2-14H,15H2,1H3. The number of benzene rings is 3. The number of ketones is 1. The topological polar surface area (TPSA) is 65.7 Å². The van der Waals surface area contributed by atoms with Crippen LogP contribution in [0, 0.1) is 0 Å². The average Bonchev–Trinajstić information content (AvgIpc) is 2.77. The van der Waals surface area contributed by atoms with Crippen LogP contribution in [-0.4, -0.2) is 19.5 Å². The highest BCUT2D eigenvalue weighted by Crippen LogP contribution is 2.30. The Hall–Kier alpha value is -3.86. The number of rotatable bonds is 6. The summed E-state index contributed by atoms with van der Waals surface area (Å²) >= 11 is 0. The highest BCUT2D eigenvalue weighted by molar-refractivity contribution is 5.97. The Labute approximate surface area is 167 Å². The summed E-state index contributed by atoms with van der Waals surface area (Å²) in [7, 11) is 1.60. The largest absolute Gasteiger partial charge is 0.497 e. The highest BCUT2D eigenvalue weighted by Gasteiger charge is 2.11. The molecule has 0 fully saturated rings. The predicted molar refractivity (Wildman–Crippen MR) is 111 cm³/mol. The van der Waals surface area contributed by atoms with Crippen LogP contribution >= 0.6 is 0 Å². The lowest BCUT2D eigenvalue weighted by molar-refractivity contribution is 0.0921. The van der Waals surface area contributed by atoms with Crippen LogP contribution in [0.4, 0.5) is 0 Å². The molecule has 0 saturated carbocycles. The SMILES string of the molecule is COc1ccc(-c2cc(=O)oc3cc(OCC(=O)c4ccccc4)ccc23)cc1. The summed E-state index contributed by atoms with van der Waals surface area (Å²) in [5.74, 6) is 1.07. The fraction of sp³-hybridized carbons (Fsp3) is 0.0833. The molecule has 0 bridgehead atoms. The van der Waals surface area contributed by atoms with Gasteiger partial charge in [-0.15, -0.1) is 0 Å². The maximum atomic E-state index is 12.2. The number of methoxy groups -OCH3 is 1. The molecular formula is C24H18O5. The second-order valence-electron chi connectivity index (χ2n) is 6.44. The minimum absolute atomic E-state index is 0.0993. The summed E-state index contributed by atoms with van der Waals surface area (Å²) in [5.41, 5.74) is 2.15. The van der Waals surface area contributed by atoms with E-state index < -0.39 is 5.63 Å². The molecule has 0 N–H and O–H groups in total. The van der Waals surface area contributed by atoms with E-state index >= 15 is 0 Å². The zero-order chi connectivity index (χ0) is 20.2. The van der Waals surface area contributed by atoms with Gasteiger partial charge in [0, 0.05) is 23.1 Å². The molecule has 0 unspecified atom stereocenters. The first-order valence-electron chi connectivity index (χ1n) is 9.07. The Morgan fingerprint density at radius 1 is 0.897 bits per heavy atom. The molecule has 0 aliphatic heterocycles. The van der Waals surface area contributed by atoms with Crippen molar-refractivity contribution in [1.82, 2.24) is 0 Å². The molecule has 0 aliphatic carbocycles. The van der Waals surface area contributed by atoms with Crippen molar-refractivity contribution >= 4 is 16.8 Å². The van der Waals surface area contributed by atoms with Crippen LogP contribution in [0.15, 0.2) is 88.1 Å². The van der Waals surface area contributed by atoms with Gasteiger partial charge in [-0.2, -0.15) is 0 Å². The molecule has 0 aliphatic rings. The van der Waals surface area contributed by atoms with Crippen molar-refractivity contribution in [3.63, 3.8) is 0 Å². The second-order valence-corrected chi connectivity index (χ2v) is 6.44. The highest BCUT2D eigenvalue weighted by atomic mass is 16.5. The van der Waals surface area contributed by atoms with Crippen LogP contribution in [0.25, 0.3) is 22.1 Å². The molecule has 144 valence electrons. The van der Waals surface area contributed by atoms with Crippen molar-refractivity contribution in [3.8, 4) is 22.6 Å². The molecule has 3 aromatic carbocycles. The molecule has 0 spiro atoms. The van der Waals surface area contributed by atoms with Crippen LogP contribution in [0.2, 0.25) is 0 Å². The summed E-state index contributed by atoms with van der Waals surface area (Å²) in [5, 5.41) is 0.775. The van der Waals surface area contributed by atoms with E-state index in [2.05, 4.69) is 0 Å². The number of fused-ring (bicyclic) bond motifs is 1. The lowest BCUT2D eigenvalue weighted by atomic mass is 10.0. The smallest absolute Gasteiger partial charge is 0.336 e. The minimum atomic E-state index is -0.458. The number of carbonyl (C=O) groups excluding carboxylic acids is 1. The molecule has 0 atom stereocenters. The fourth-order valence-corrected chi connectivity index (χ4v) is 3.10. The maximum absolute atomic E-state index is 12.2. The van der Waals surface area contributed by atoms with Crippen LogP contribution < -0.4 is 15.1 Å². The van der Waals surface area contributed by atoms with E-state index in [1.54, 1.807) is 43.5 Å².